The summed E-state index contributed by atoms with van der Waals surface area (Å²) in [6.45, 7) is 0. The van der Waals surface area contributed by atoms with Gasteiger partial charge in [0, 0.05) is 22.1 Å². The maximum Gasteiger partial charge on any atom is 0.285 e. The molecule has 2 aromatic heterocycles. The van der Waals surface area contributed by atoms with E-state index in [0.717, 1.165) is 21.0 Å². The number of fused-ring (bicyclic) bond motifs is 1. The Hall–Kier alpha value is -2.14. The monoisotopic (exact) mass is 330 g/mol. The highest BCUT2D eigenvalue weighted by molar-refractivity contribution is 9.10. The van der Waals surface area contributed by atoms with Gasteiger partial charge in [0.15, 0.2) is 5.65 Å². The number of hydrogen-bond donors (Lipinski definition) is 1. The van der Waals surface area contributed by atoms with Gasteiger partial charge in [-0.2, -0.15) is 0 Å². The lowest BCUT2D eigenvalue weighted by atomic mass is 10.0. The van der Waals surface area contributed by atoms with Gasteiger partial charge in [-0.25, -0.2) is 4.98 Å². The molecule has 3 rings (SSSR count). The Balaban J connectivity index is 2.14. The molecule has 20 heavy (non-hydrogen) atoms. The first-order chi connectivity index (χ1) is 9.65. The van der Waals surface area contributed by atoms with Crippen molar-refractivity contribution in [2.75, 3.05) is 0 Å². The molecule has 0 atom stereocenters. The van der Waals surface area contributed by atoms with E-state index < -0.39 is 5.56 Å². The molecule has 1 N–H and O–H groups in total. The van der Waals surface area contributed by atoms with E-state index in [1.807, 2.05) is 30.3 Å². The SMILES string of the molecule is O=c1cc(Cc2ccc(Br)cc2)c2cccnc2n1O. The van der Waals surface area contributed by atoms with Crippen LogP contribution < -0.4 is 5.56 Å². The smallest absolute Gasteiger partial charge is 0.285 e. The first kappa shape index (κ1) is 12.9. The van der Waals surface area contributed by atoms with Crippen molar-refractivity contribution in [3.63, 3.8) is 0 Å². The Labute approximate surface area is 123 Å². The lowest BCUT2D eigenvalue weighted by Crippen LogP contribution is -2.19. The molecule has 0 aliphatic rings. The van der Waals surface area contributed by atoms with Crippen LogP contribution in [0.4, 0.5) is 0 Å². The number of pyridine rings is 2. The maximum atomic E-state index is 11.8. The van der Waals surface area contributed by atoms with E-state index in [1.54, 1.807) is 12.3 Å². The minimum Gasteiger partial charge on any atom is -0.423 e. The first-order valence-electron chi connectivity index (χ1n) is 6.08. The summed E-state index contributed by atoms with van der Waals surface area (Å²) in [5, 5.41) is 10.5. The fraction of sp³-hybridized carbons (Fsp3) is 0.0667. The molecule has 0 fully saturated rings. The molecule has 0 radical (unpaired) electrons. The molecule has 1 aromatic carbocycles. The summed E-state index contributed by atoms with van der Waals surface area (Å²) in [6.07, 6.45) is 2.17. The van der Waals surface area contributed by atoms with E-state index in [4.69, 9.17) is 0 Å². The minimum atomic E-state index is -0.469. The Morgan fingerprint density at radius 3 is 2.70 bits per heavy atom. The van der Waals surface area contributed by atoms with Gasteiger partial charge in [0.25, 0.3) is 5.56 Å². The van der Waals surface area contributed by atoms with Crippen LogP contribution in [0, 0.1) is 0 Å². The fourth-order valence-corrected chi connectivity index (χ4v) is 2.44. The third-order valence-electron chi connectivity index (χ3n) is 3.15. The van der Waals surface area contributed by atoms with Crippen LogP contribution in [0.2, 0.25) is 0 Å². The highest BCUT2D eigenvalue weighted by Gasteiger charge is 2.09. The molecule has 0 aliphatic carbocycles. The molecule has 2 heterocycles. The topological polar surface area (TPSA) is 55.1 Å². The van der Waals surface area contributed by atoms with Crippen LogP contribution in [0.1, 0.15) is 11.1 Å². The molecule has 3 aromatic rings. The lowest BCUT2D eigenvalue weighted by Gasteiger charge is -2.08. The molecule has 4 nitrogen and oxygen atoms in total. The summed E-state index contributed by atoms with van der Waals surface area (Å²) in [6, 6.07) is 13.0. The zero-order valence-corrected chi connectivity index (χ0v) is 12.0. The number of hydrogen-bond acceptors (Lipinski definition) is 3. The van der Waals surface area contributed by atoms with Crippen molar-refractivity contribution in [1.29, 1.82) is 0 Å². The van der Waals surface area contributed by atoms with E-state index in [0.29, 0.717) is 11.2 Å². The zero-order chi connectivity index (χ0) is 14.1. The molecular weight excluding hydrogens is 320 g/mol. The summed E-state index contributed by atoms with van der Waals surface area (Å²) in [7, 11) is 0. The summed E-state index contributed by atoms with van der Waals surface area (Å²) in [4.78, 5) is 15.8. The van der Waals surface area contributed by atoms with Crippen molar-refractivity contribution < 1.29 is 5.21 Å². The second-order valence-corrected chi connectivity index (χ2v) is 5.41. The largest absolute Gasteiger partial charge is 0.423 e. The van der Waals surface area contributed by atoms with E-state index >= 15 is 0 Å². The van der Waals surface area contributed by atoms with Gasteiger partial charge in [-0.15, -0.1) is 4.73 Å². The molecule has 0 unspecified atom stereocenters. The molecule has 0 saturated carbocycles. The van der Waals surface area contributed by atoms with Gasteiger partial charge >= 0.3 is 0 Å². The van der Waals surface area contributed by atoms with Gasteiger partial charge < -0.3 is 5.21 Å². The van der Waals surface area contributed by atoms with Crippen LogP contribution in [0.15, 0.2) is 57.9 Å². The summed E-state index contributed by atoms with van der Waals surface area (Å²) < 4.78 is 1.60. The Morgan fingerprint density at radius 1 is 1.20 bits per heavy atom. The van der Waals surface area contributed by atoms with Crippen LogP contribution in [0.3, 0.4) is 0 Å². The average molecular weight is 331 g/mol. The molecule has 0 saturated heterocycles. The average Bonchev–Trinajstić information content (AvgIpc) is 2.47. The quantitative estimate of drug-likeness (QED) is 0.735. The fourth-order valence-electron chi connectivity index (χ4n) is 2.18. The zero-order valence-electron chi connectivity index (χ0n) is 10.5. The molecule has 0 bridgehead atoms. The highest BCUT2D eigenvalue weighted by Crippen LogP contribution is 2.19. The van der Waals surface area contributed by atoms with E-state index in [-0.39, 0.29) is 5.65 Å². The van der Waals surface area contributed by atoms with E-state index in [9.17, 15) is 10.0 Å². The van der Waals surface area contributed by atoms with Gasteiger partial charge in [0.2, 0.25) is 0 Å². The van der Waals surface area contributed by atoms with Gasteiger partial charge in [-0.1, -0.05) is 28.1 Å². The Bertz CT molecular complexity index is 825. The number of aromatic nitrogens is 2. The second kappa shape index (κ2) is 5.09. The summed E-state index contributed by atoms with van der Waals surface area (Å²) in [5.74, 6) is 0. The summed E-state index contributed by atoms with van der Waals surface area (Å²) in [5.41, 5.74) is 1.76. The van der Waals surface area contributed by atoms with Gasteiger partial charge in [0.05, 0.1) is 0 Å². The summed E-state index contributed by atoms with van der Waals surface area (Å²) >= 11 is 3.40. The molecule has 100 valence electrons. The molecule has 0 amide bonds. The molecule has 0 aliphatic heterocycles. The number of nitrogens with zero attached hydrogens (tertiary/aromatic N) is 2. The third-order valence-corrected chi connectivity index (χ3v) is 3.68. The van der Waals surface area contributed by atoms with Gasteiger partial charge in [-0.05, 0) is 41.8 Å². The van der Waals surface area contributed by atoms with Gasteiger partial charge in [0.1, 0.15) is 0 Å². The van der Waals surface area contributed by atoms with Crippen molar-refractivity contribution in [2.45, 2.75) is 6.42 Å². The second-order valence-electron chi connectivity index (χ2n) is 4.50. The predicted molar refractivity (Wildman–Crippen MR) is 80.1 cm³/mol. The Kier molecular flexibility index (Phi) is 3.28. The third kappa shape index (κ3) is 2.32. The van der Waals surface area contributed by atoms with Crippen molar-refractivity contribution >= 4 is 27.0 Å². The van der Waals surface area contributed by atoms with E-state index in [1.165, 1.54) is 6.07 Å². The van der Waals surface area contributed by atoms with E-state index in [2.05, 4.69) is 20.9 Å². The number of rotatable bonds is 2. The van der Waals surface area contributed by atoms with Gasteiger partial charge in [-0.3, -0.25) is 4.79 Å². The van der Waals surface area contributed by atoms with Crippen molar-refractivity contribution in [3.8, 4) is 0 Å². The molecule has 5 heteroatoms. The standard InChI is InChI=1S/C15H11BrN2O2/c16-12-5-3-10(4-6-12)8-11-9-14(19)18(20)15-13(11)2-1-7-17-15/h1-7,9,20H,8H2. The van der Waals surface area contributed by atoms with Crippen molar-refractivity contribution in [3.05, 3.63) is 74.6 Å². The predicted octanol–water partition coefficient (Wildman–Crippen LogP) is 2.99. The molecular formula is C15H11BrN2O2. The van der Waals surface area contributed by atoms with Crippen LogP contribution in [0.5, 0.6) is 0 Å². The van der Waals surface area contributed by atoms with Crippen LogP contribution in [-0.4, -0.2) is 14.9 Å². The first-order valence-corrected chi connectivity index (χ1v) is 6.88. The molecule has 0 spiro atoms. The Morgan fingerprint density at radius 2 is 1.95 bits per heavy atom. The van der Waals surface area contributed by atoms with Crippen LogP contribution in [-0.2, 0) is 6.42 Å². The minimum absolute atomic E-state index is 0.284. The van der Waals surface area contributed by atoms with Crippen molar-refractivity contribution in [1.82, 2.24) is 9.71 Å². The van der Waals surface area contributed by atoms with Crippen LogP contribution >= 0.6 is 15.9 Å². The number of benzene rings is 1. The maximum absolute atomic E-state index is 11.8. The van der Waals surface area contributed by atoms with Crippen LogP contribution in [0.25, 0.3) is 11.0 Å². The normalized spacial score (nSPS) is 10.8. The van der Waals surface area contributed by atoms with Crippen molar-refractivity contribution in [2.24, 2.45) is 0 Å². The lowest BCUT2D eigenvalue weighted by molar-refractivity contribution is 0.186. The highest BCUT2D eigenvalue weighted by atomic mass is 79.9. The number of halogens is 1.